The van der Waals surface area contributed by atoms with Crippen LogP contribution in [-0.2, 0) is 11.8 Å². The van der Waals surface area contributed by atoms with E-state index in [2.05, 4.69) is 16.7 Å². The maximum Gasteiger partial charge on any atom is 0.294 e. The molecule has 8 heteroatoms. The van der Waals surface area contributed by atoms with E-state index in [4.69, 9.17) is 5.26 Å². The summed E-state index contributed by atoms with van der Waals surface area (Å²) in [7, 11) is 3.42. The SMILES string of the molecule is Bc1ccc(NC(=O)c2cn(C)c(C(=O)C(=O)NC(C)(C)C)c2C)cc1C#N. The number of ketones is 1. The number of carbonyl (C=O) groups excluding carboxylic acids is 3. The number of hydrogen-bond donors (Lipinski definition) is 2. The molecule has 2 amide bonds. The Labute approximate surface area is 165 Å². The third kappa shape index (κ3) is 4.49. The van der Waals surface area contributed by atoms with Crippen LogP contribution in [-0.4, -0.2) is 35.5 Å². The van der Waals surface area contributed by atoms with Crippen molar-refractivity contribution in [3.05, 3.63) is 46.8 Å². The van der Waals surface area contributed by atoms with E-state index >= 15 is 0 Å². The standard InChI is InChI=1S/C20H23BN4O3/c1-11-14(18(27)23-13-6-7-15(21)12(8-13)9-22)10-25(5)16(11)17(26)19(28)24-20(2,3)4/h6-8,10H,21H2,1-5H3,(H,23,27)(H,24,28). The summed E-state index contributed by atoms with van der Waals surface area (Å²) < 4.78 is 1.48. The molecule has 0 atom stereocenters. The number of rotatable bonds is 4. The van der Waals surface area contributed by atoms with Crippen molar-refractivity contribution in [3.8, 4) is 6.07 Å². The normalized spacial score (nSPS) is 10.9. The second-order valence-electron chi connectivity index (χ2n) is 7.76. The molecule has 2 N–H and O–H groups in total. The van der Waals surface area contributed by atoms with E-state index < -0.39 is 23.1 Å². The Balaban J connectivity index is 2.30. The number of amides is 2. The van der Waals surface area contributed by atoms with Gasteiger partial charge in [0.15, 0.2) is 0 Å². The minimum Gasteiger partial charge on any atom is -0.347 e. The molecule has 144 valence electrons. The van der Waals surface area contributed by atoms with Gasteiger partial charge in [0.1, 0.15) is 7.85 Å². The number of nitriles is 1. The number of aryl methyl sites for hydroxylation is 1. The molecule has 0 aliphatic carbocycles. The predicted octanol–water partition coefficient (Wildman–Crippen LogP) is 0.813. The van der Waals surface area contributed by atoms with Crippen molar-refractivity contribution in [2.45, 2.75) is 33.2 Å². The quantitative estimate of drug-likeness (QED) is 0.467. The van der Waals surface area contributed by atoms with Crippen LogP contribution in [0.1, 0.15) is 52.7 Å². The molecule has 0 spiro atoms. The fourth-order valence-electron chi connectivity index (χ4n) is 2.83. The van der Waals surface area contributed by atoms with Crippen LogP contribution in [0.3, 0.4) is 0 Å². The fraction of sp³-hybridized carbons (Fsp3) is 0.300. The summed E-state index contributed by atoms with van der Waals surface area (Å²) in [6, 6.07) is 7.12. The molecule has 1 aromatic carbocycles. The average Bonchev–Trinajstić information content (AvgIpc) is 2.89. The molecule has 0 saturated carbocycles. The number of carbonyl (C=O) groups is 3. The van der Waals surface area contributed by atoms with Crippen molar-refractivity contribution in [2.24, 2.45) is 7.05 Å². The van der Waals surface area contributed by atoms with E-state index in [0.717, 1.165) is 5.46 Å². The molecule has 1 aromatic heterocycles. The van der Waals surface area contributed by atoms with Gasteiger partial charge in [-0.2, -0.15) is 5.26 Å². The van der Waals surface area contributed by atoms with Crippen LogP contribution >= 0.6 is 0 Å². The van der Waals surface area contributed by atoms with Gasteiger partial charge in [-0.1, -0.05) is 11.5 Å². The van der Waals surface area contributed by atoms with Gasteiger partial charge in [0, 0.05) is 30.0 Å². The van der Waals surface area contributed by atoms with Crippen LogP contribution < -0.4 is 16.1 Å². The molecule has 0 unspecified atom stereocenters. The molecule has 1 heterocycles. The van der Waals surface area contributed by atoms with Gasteiger partial charge in [-0.25, -0.2) is 0 Å². The van der Waals surface area contributed by atoms with Crippen LogP contribution in [0.5, 0.6) is 0 Å². The smallest absolute Gasteiger partial charge is 0.294 e. The van der Waals surface area contributed by atoms with Crippen LogP contribution in [0.15, 0.2) is 24.4 Å². The van der Waals surface area contributed by atoms with E-state index in [9.17, 15) is 14.4 Å². The number of hydrogen-bond acceptors (Lipinski definition) is 4. The molecule has 0 aliphatic rings. The maximum atomic E-state index is 12.7. The summed E-state index contributed by atoms with van der Waals surface area (Å²) in [6.07, 6.45) is 1.52. The van der Waals surface area contributed by atoms with Crippen LogP contribution in [0, 0.1) is 18.3 Å². The van der Waals surface area contributed by atoms with Crippen molar-refractivity contribution >= 4 is 36.6 Å². The molecule has 28 heavy (non-hydrogen) atoms. The molecule has 0 aliphatic heterocycles. The monoisotopic (exact) mass is 378 g/mol. The van der Waals surface area contributed by atoms with Crippen molar-refractivity contribution in [1.29, 1.82) is 5.26 Å². The lowest BCUT2D eigenvalue weighted by Crippen LogP contribution is -2.44. The molecule has 2 aromatic rings. The largest absolute Gasteiger partial charge is 0.347 e. The Morgan fingerprint density at radius 3 is 2.43 bits per heavy atom. The highest BCUT2D eigenvalue weighted by atomic mass is 16.2. The van der Waals surface area contributed by atoms with E-state index in [1.165, 1.54) is 10.8 Å². The highest BCUT2D eigenvalue weighted by molar-refractivity contribution is 6.43. The van der Waals surface area contributed by atoms with Crippen molar-refractivity contribution < 1.29 is 14.4 Å². The zero-order valence-corrected chi connectivity index (χ0v) is 16.9. The van der Waals surface area contributed by atoms with Crippen LogP contribution in [0.4, 0.5) is 5.69 Å². The van der Waals surface area contributed by atoms with Gasteiger partial charge in [-0.3, -0.25) is 14.4 Å². The number of aromatic nitrogens is 1. The molecule has 0 bridgehead atoms. The van der Waals surface area contributed by atoms with Gasteiger partial charge < -0.3 is 15.2 Å². The van der Waals surface area contributed by atoms with Gasteiger partial charge in [0.05, 0.1) is 17.3 Å². The second kappa shape index (κ2) is 7.73. The van der Waals surface area contributed by atoms with E-state index in [0.29, 0.717) is 16.8 Å². The molecule has 2 rings (SSSR count). The third-order valence-electron chi connectivity index (χ3n) is 4.21. The first-order valence-electron chi connectivity index (χ1n) is 8.79. The minimum atomic E-state index is -0.721. The summed E-state index contributed by atoms with van der Waals surface area (Å²) >= 11 is 0. The zero-order chi connectivity index (χ0) is 21.2. The highest BCUT2D eigenvalue weighted by Gasteiger charge is 2.28. The molecule has 7 nitrogen and oxygen atoms in total. The number of anilines is 1. The summed E-state index contributed by atoms with van der Waals surface area (Å²) in [5.74, 6) is -1.84. The Hall–Kier alpha value is -3.34. The van der Waals surface area contributed by atoms with E-state index in [-0.39, 0.29) is 11.3 Å². The average molecular weight is 378 g/mol. The fourth-order valence-corrected chi connectivity index (χ4v) is 2.83. The van der Waals surface area contributed by atoms with Crippen molar-refractivity contribution in [3.63, 3.8) is 0 Å². The third-order valence-corrected chi connectivity index (χ3v) is 4.21. The Bertz CT molecular complexity index is 1010. The lowest BCUT2D eigenvalue weighted by molar-refractivity contribution is -0.118. The first kappa shape index (κ1) is 21.0. The zero-order valence-electron chi connectivity index (χ0n) is 16.9. The topological polar surface area (TPSA) is 104 Å². The summed E-state index contributed by atoms with van der Waals surface area (Å²) in [6.45, 7) is 6.98. The van der Waals surface area contributed by atoms with Gasteiger partial charge in [-0.05, 0) is 45.4 Å². The first-order valence-corrected chi connectivity index (χ1v) is 8.79. The van der Waals surface area contributed by atoms with Crippen LogP contribution in [0.2, 0.25) is 0 Å². The lowest BCUT2D eigenvalue weighted by Gasteiger charge is -2.20. The van der Waals surface area contributed by atoms with E-state index in [1.54, 1.807) is 52.9 Å². The molecular weight excluding hydrogens is 355 g/mol. The predicted molar refractivity (Wildman–Crippen MR) is 110 cm³/mol. The van der Waals surface area contributed by atoms with Gasteiger partial charge in [-0.15, -0.1) is 0 Å². The minimum absolute atomic E-state index is 0.161. The number of nitrogens with one attached hydrogen (secondary N) is 2. The second-order valence-corrected chi connectivity index (χ2v) is 7.76. The van der Waals surface area contributed by atoms with Crippen molar-refractivity contribution in [1.82, 2.24) is 9.88 Å². The summed E-state index contributed by atoms with van der Waals surface area (Å²) in [5, 5.41) is 14.5. The summed E-state index contributed by atoms with van der Waals surface area (Å²) in [5.41, 5.74) is 2.08. The van der Waals surface area contributed by atoms with Crippen LogP contribution in [0.25, 0.3) is 0 Å². The molecule has 0 fully saturated rings. The molecular formula is C20H23BN4O3. The van der Waals surface area contributed by atoms with Gasteiger partial charge in [0.2, 0.25) is 0 Å². The van der Waals surface area contributed by atoms with Gasteiger partial charge in [0.25, 0.3) is 17.6 Å². The Kier molecular flexibility index (Phi) is 5.79. The maximum absolute atomic E-state index is 12.7. The van der Waals surface area contributed by atoms with Crippen molar-refractivity contribution in [2.75, 3.05) is 5.32 Å². The Morgan fingerprint density at radius 1 is 1.21 bits per heavy atom. The molecule has 0 radical (unpaired) electrons. The highest BCUT2D eigenvalue weighted by Crippen LogP contribution is 2.19. The van der Waals surface area contributed by atoms with E-state index in [1.807, 2.05) is 7.85 Å². The number of benzene rings is 1. The lowest BCUT2D eigenvalue weighted by atomic mass is 9.91. The van der Waals surface area contributed by atoms with Gasteiger partial charge >= 0.3 is 0 Å². The Morgan fingerprint density at radius 2 is 1.86 bits per heavy atom. The number of nitrogens with zero attached hydrogens (tertiary/aromatic N) is 2. The summed E-state index contributed by atoms with van der Waals surface area (Å²) in [4.78, 5) is 37.5. The first-order chi connectivity index (χ1) is 12.9. The number of Topliss-reactive ketones (excluding diaryl/α,β-unsaturated/α-hetero) is 1. The molecule has 0 saturated heterocycles.